The highest BCUT2D eigenvalue weighted by Gasteiger charge is 2.59. The lowest BCUT2D eigenvalue weighted by atomic mass is 9.80. The number of carbonyl (C=O) groups excluding carboxylic acids is 1. The van der Waals surface area contributed by atoms with Crippen LogP contribution in [0.5, 0.6) is 0 Å². The van der Waals surface area contributed by atoms with Gasteiger partial charge in [-0.15, -0.1) is 51.8 Å². The standard InChI is InChI=1S/C22H24N2O3S2.C22H24N2O2S3.C20H20N2O2S3.C19H18F2N4O4S/c1-3-5-16-6-4-7-17(12-16)18-13-19(28-14-18)21(2)15-22(27-20(23)24-21)8-10-29(25,26)11-9-22;1-3-6-16-7-4-8-17(11-16)18-12-19(27-13-18)21(2)14-22(28-20(23)24-21)9-5-10-29(25,26)15-22;1-3-5-14-6-4-7-15(8-14)16-9-17(25-10-16)19(2)11-20(26-18(21)22-19)12-27(23,24)13-20;1-18(8-19(29-17(22)25-18)9-30(27,28)10-19)13-6-12(3-4-14(13)21)24-16(26)15-5-2-11(20)7-23-15/h4,6-7,12-14H,8-11,15H2,1-2H3,(H2,23,24);4,7-8,11-13H,5,9-10,14-15H2,1-2H3,(H2,23,24);4,6-10H,11-13H2,1-2H3,(H2,21,22);2-7H,8-10H2,1H3,(H2,22,25)(H,24,26). The first kappa shape index (κ1) is 84.0. The Morgan fingerprint density at radius 1 is 0.470 bits per heavy atom. The molecule has 8 aliphatic rings. The first-order valence-corrected chi connectivity index (χ1v) is 48.3. The van der Waals surface area contributed by atoms with Crippen molar-refractivity contribution in [3.63, 3.8) is 0 Å². The molecule has 9 N–H and O–H groups in total. The van der Waals surface area contributed by atoms with E-state index in [1.54, 1.807) is 40.9 Å². The zero-order valence-corrected chi connectivity index (χ0v) is 71.5. The highest BCUT2D eigenvalue weighted by Crippen LogP contribution is 2.55. The van der Waals surface area contributed by atoms with Crippen molar-refractivity contribution in [2.45, 2.75) is 143 Å². The molecule has 8 aliphatic heterocycles. The van der Waals surface area contributed by atoms with Gasteiger partial charge < -0.3 is 37.7 Å². The number of anilines is 1. The van der Waals surface area contributed by atoms with Gasteiger partial charge in [-0.1, -0.05) is 77.7 Å². The number of sulfone groups is 4. The summed E-state index contributed by atoms with van der Waals surface area (Å²) >= 11 is 7.84. The third-order valence-electron chi connectivity index (χ3n) is 21.2. The Bertz CT molecular complexity index is 5970. The van der Waals surface area contributed by atoms with Gasteiger partial charge in [0.2, 0.25) is 0 Å². The minimum Gasteiger partial charge on any atom is -0.459 e. The number of hydrogen-bond acceptors (Lipinski definition) is 25. The van der Waals surface area contributed by atoms with E-state index in [9.17, 15) is 47.2 Å². The van der Waals surface area contributed by atoms with Gasteiger partial charge in [0.15, 0.2) is 49.7 Å². The molecule has 602 valence electrons. The van der Waals surface area contributed by atoms with E-state index in [-0.39, 0.29) is 90.9 Å². The van der Waals surface area contributed by atoms with Crippen LogP contribution < -0.4 is 28.3 Å². The molecule has 5 unspecified atom stereocenters. The number of amidine groups is 4. The SMILES string of the molecule is CC#Cc1cccc(-c2csc(C3(C)CC4(CCCS(=O)(=O)C4)SC(N)=N3)c2)c1.CC#Cc1cccc(-c2csc(C3(C)CC4(CCS(=O)(=O)CC4)OC(N)=N3)c2)c1.CC#Cc1cccc(-c2csc(C3(C)CC4(CS(=O)(=O)C4)SC(N)=N3)c2)c1.CC1(c2cc(NC(=O)c3ccc(F)cn3)ccc2F)CC2(CS(=O)(=O)C2)OC(N)=N1. The molecule has 12 heterocycles. The van der Waals surface area contributed by atoms with E-state index >= 15 is 0 Å². The van der Waals surface area contributed by atoms with Gasteiger partial charge in [-0.3, -0.25) is 14.8 Å². The molecule has 1 amide bonds. The predicted octanol–water partition coefficient (Wildman–Crippen LogP) is 13.4. The maximum absolute atomic E-state index is 14.7. The van der Waals surface area contributed by atoms with Crippen LogP contribution in [0.15, 0.2) is 164 Å². The molecule has 0 bridgehead atoms. The number of rotatable bonds is 9. The predicted molar refractivity (Wildman–Crippen MR) is 461 cm³/mol. The van der Waals surface area contributed by atoms with Crippen molar-refractivity contribution >= 4 is 131 Å². The van der Waals surface area contributed by atoms with Crippen LogP contribution in [0, 0.1) is 47.2 Å². The number of thiophene rings is 3. The van der Waals surface area contributed by atoms with Gasteiger partial charge in [-0.2, -0.15) is 0 Å². The Hall–Kier alpha value is -8.88. The number of aromatic nitrogens is 1. The highest BCUT2D eigenvalue weighted by atomic mass is 32.2. The van der Waals surface area contributed by atoms with Crippen molar-refractivity contribution in [3.8, 4) is 68.9 Å². The number of carbonyl (C=O) groups is 1. The zero-order chi connectivity index (χ0) is 82.4. The second kappa shape index (κ2) is 32.2. The molecule has 0 saturated carbocycles. The molecule has 8 aromatic rings. The maximum Gasteiger partial charge on any atom is 0.283 e. The van der Waals surface area contributed by atoms with E-state index < -0.39 is 90.2 Å². The molecule has 0 aliphatic carbocycles. The number of pyridine rings is 1. The monoisotopic (exact) mass is 1720 g/mol. The Morgan fingerprint density at radius 2 is 0.913 bits per heavy atom. The molecule has 4 fully saturated rings. The molecule has 0 radical (unpaired) electrons. The summed E-state index contributed by atoms with van der Waals surface area (Å²) < 4.78 is 134. The average molecular weight is 1730 g/mol. The largest absolute Gasteiger partial charge is 0.459 e. The topological polar surface area (TPSA) is 351 Å². The van der Waals surface area contributed by atoms with Gasteiger partial charge in [0.25, 0.3) is 18.0 Å². The number of aliphatic imine (C=N–C) groups is 4. The molecule has 115 heavy (non-hydrogen) atoms. The van der Waals surface area contributed by atoms with Crippen LogP contribution in [0.25, 0.3) is 33.4 Å². The number of hydrogen-bond donors (Lipinski definition) is 5. The summed E-state index contributed by atoms with van der Waals surface area (Å²) in [5, 5.41) is 9.93. The van der Waals surface area contributed by atoms with Crippen molar-refractivity contribution in [2.24, 2.45) is 42.9 Å². The second-order valence-corrected chi connectivity index (χ2v) is 45.5. The Labute approximate surface area is 690 Å². The summed E-state index contributed by atoms with van der Waals surface area (Å²) in [6.45, 7) is 13.3. The van der Waals surface area contributed by atoms with Crippen LogP contribution in [0.1, 0.15) is 147 Å². The average Bonchev–Trinajstić information content (AvgIpc) is 1.57. The summed E-state index contributed by atoms with van der Waals surface area (Å²) in [7, 11) is -12.2. The van der Waals surface area contributed by atoms with E-state index in [0.29, 0.717) is 48.9 Å². The van der Waals surface area contributed by atoms with Crippen LogP contribution in [-0.4, -0.2) is 134 Å². The number of nitrogens with two attached hydrogens (primary N) is 4. The third-order valence-corrected chi connectivity index (χ3v) is 35.1. The quantitative estimate of drug-likeness (QED) is 0.0838. The summed E-state index contributed by atoms with van der Waals surface area (Å²) in [4.78, 5) is 37.7. The molecule has 16 rings (SSSR count). The number of nitrogens with zero attached hydrogens (tertiary/aromatic N) is 5. The normalized spacial score (nSPS) is 25.5. The lowest BCUT2D eigenvalue weighted by molar-refractivity contribution is -0.00273. The van der Waals surface area contributed by atoms with Crippen LogP contribution in [0.2, 0.25) is 0 Å². The van der Waals surface area contributed by atoms with Gasteiger partial charge in [0.05, 0.1) is 73.6 Å². The van der Waals surface area contributed by atoms with Gasteiger partial charge >= 0.3 is 0 Å². The minimum atomic E-state index is -3.23. The first-order chi connectivity index (χ1) is 54.2. The fraction of sp³-hybridized carbons (Fsp3) is 0.373. The zero-order valence-electron chi connectivity index (χ0n) is 64.1. The summed E-state index contributed by atoms with van der Waals surface area (Å²) in [5.74, 6) is 17.0. The van der Waals surface area contributed by atoms with Crippen molar-refractivity contribution < 1.29 is 56.7 Å². The van der Waals surface area contributed by atoms with Crippen molar-refractivity contribution in [3.05, 3.63) is 198 Å². The van der Waals surface area contributed by atoms with Crippen LogP contribution in [-0.2, 0) is 71.0 Å². The molecule has 5 atom stereocenters. The lowest BCUT2D eigenvalue weighted by Crippen LogP contribution is -2.62. The lowest BCUT2D eigenvalue weighted by Gasteiger charge is -2.47. The highest BCUT2D eigenvalue weighted by molar-refractivity contribution is 8.17. The Morgan fingerprint density at radius 3 is 1.37 bits per heavy atom. The van der Waals surface area contributed by atoms with Gasteiger partial charge in [0, 0.05) is 73.0 Å². The smallest absolute Gasteiger partial charge is 0.283 e. The summed E-state index contributed by atoms with van der Waals surface area (Å²) in [6.07, 6.45) is 5.48. The van der Waals surface area contributed by atoms with Crippen molar-refractivity contribution in [1.29, 1.82) is 0 Å². The third kappa shape index (κ3) is 19.4. The number of thioether (sulfide) groups is 2. The van der Waals surface area contributed by atoms with Crippen LogP contribution in [0.3, 0.4) is 0 Å². The van der Waals surface area contributed by atoms with E-state index in [0.717, 1.165) is 83.4 Å². The van der Waals surface area contributed by atoms with Crippen molar-refractivity contribution in [1.82, 2.24) is 4.98 Å². The molecule has 4 aromatic carbocycles. The molecular formula is C83H86F2N10O11S9. The molecule has 4 saturated heterocycles. The number of ether oxygens (including phenoxy) is 2. The van der Waals surface area contributed by atoms with Gasteiger partial charge in [0.1, 0.15) is 34.1 Å². The van der Waals surface area contributed by atoms with E-state index in [1.807, 2.05) is 57.2 Å². The fourth-order valence-corrected chi connectivity index (χ4v) is 31.2. The summed E-state index contributed by atoms with van der Waals surface area (Å²) in [5.41, 5.74) is 29.9. The Kier molecular flexibility index (Phi) is 23.5. The first-order valence-electron chi connectivity index (χ1n) is 36.8. The summed E-state index contributed by atoms with van der Waals surface area (Å²) in [6, 6.07) is 37.2. The number of halogens is 2. The Balaban J connectivity index is 0.000000134. The molecule has 32 heteroatoms. The van der Waals surface area contributed by atoms with Gasteiger partial charge in [-0.05, 0) is 209 Å². The van der Waals surface area contributed by atoms with Crippen molar-refractivity contribution in [2.75, 3.05) is 51.3 Å². The number of amides is 1. The number of nitrogens with one attached hydrogen (secondary N) is 1. The number of benzene rings is 4. The minimum absolute atomic E-state index is 0.0135. The fourth-order valence-electron chi connectivity index (χ4n) is 16.5. The van der Waals surface area contributed by atoms with E-state index in [1.165, 1.54) is 47.8 Å². The van der Waals surface area contributed by atoms with Crippen LogP contribution >= 0.6 is 57.5 Å². The maximum atomic E-state index is 14.7. The molecule has 21 nitrogen and oxygen atoms in total. The van der Waals surface area contributed by atoms with E-state index in [2.05, 4.69) is 147 Å². The van der Waals surface area contributed by atoms with Gasteiger partial charge in [-0.25, -0.2) is 57.4 Å². The second-order valence-electron chi connectivity index (χ2n) is 31.1. The molecule has 4 aromatic heterocycles. The molecule has 4 spiro atoms. The van der Waals surface area contributed by atoms with E-state index in [4.69, 9.17) is 42.4 Å². The molecular weight excluding hydrogens is 1640 g/mol. The van der Waals surface area contributed by atoms with Crippen LogP contribution in [0.4, 0.5) is 14.5 Å².